The number of hydrogen-bond acceptors (Lipinski definition) is 4. The molecule has 0 saturated carbocycles. The lowest BCUT2D eigenvalue weighted by Crippen LogP contribution is -2.07. The van der Waals surface area contributed by atoms with E-state index in [9.17, 15) is 0 Å². The van der Waals surface area contributed by atoms with Crippen molar-refractivity contribution in [1.82, 2.24) is 4.98 Å². The first-order valence-corrected chi connectivity index (χ1v) is 6.07. The molecule has 84 valence electrons. The van der Waals surface area contributed by atoms with Crippen LogP contribution in [0.1, 0.15) is 0 Å². The molecule has 2 rings (SSSR count). The summed E-state index contributed by atoms with van der Waals surface area (Å²) in [5, 5.41) is 0.739. The monoisotopic (exact) mass is 251 g/mol. The number of rotatable bonds is 2. The molecule has 0 aliphatic rings. The highest BCUT2D eigenvalue weighted by Gasteiger charge is 2.05. The predicted octanol–water partition coefficient (Wildman–Crippen LogP) is 3.12. The number of aromatic nitrogens is 1. The Bertz CT molecular complexity index is 537. The standard InChI is InChI=1S/C11H13N3S2/c1-14(2)8-5-3-7(4-6-8)9-10(12)16-11(15)13-9/h3-6H,12H2,1-2H3,(H,13,15). The van der Waals surface area contributed by atoms with E-state index < -0.39 is 0 Å². The Hall–Kier alpha value is -1.33. The van der Waals surface area contributed by atoms with Gasteiger partial charge in [0, 0.05) is 25.3 Å². The molecule has 3 N–H and O–H groups in total. The summed E-state index contributed by atoms with van der Waals surface area (Å²) in [5.74, 6) is 0. The maximum Gasteiger partial charge on any atom is 0.160 e. The highest BCUT2D eigenvalue weighted by molar-refractivity contribution is 7.73. The van der Waals surface area contributed by atoms with Gasteiger partial charge in [0.25, 0.3) is 0 Å². The zero-order valence-corrected chi connectivity index (χ0v) is 10.8. The first-order chi connectivity index (χ1) is 7.58. The predicted molar refractivity (Wildman–Crippen MR) is 73.7 cm³/mol. The van der Waals surface area contributed by atoms with Gasteiger partial charge in [-0.1, -0.05) is 23.5 Å². The summed E-state index contributed by atoms with van der Waals surface area (Å²) in [6.07, 6.45) is 0. The molecule has 16 heavy (non-hydrogen) atoms. The van der Waals surface area contributed by atoms with Crippen LogP contribution in [0.2, 0.25) is 0 Å². The van der Waals surface area contributed by atoms with E-state index in [0.717, 1.165) is 21.9 Å². The number of nitrogens with one attached hydrogen (secondary N) is 1. The normalized spacial score (nSPS) is 10.4. The number of benzene rings is 1. The van der Waals surface area contributed by atoms with Crippen LogP contribution in [-0.4, -0.2) is 19.1 Å². The van der Waals surface area contributed by atoms with Gasteiger partial charge < -0.3 is 15.6 Å². The van der Waals surface area contributed by atoms with Crippen LogP contribution in [0.15, 0.2) is 24.3 Å². The van der Waals surface area contributed by atoms with Crippen LogP contribution in [-0.2, 0) is 0 Å². The van der Waals surface area contributed by atoms with E-state index in [2.05, 4.69) is 22.0 Å². The second-order valence-corrected chi connectivity index (χ2v) is 5.41. The van der Waals surface area contributed by atoms with Gasteiger partial charge in [-0.3, -0.25) is 0 Å². The number of anilines is 2. The zero-order valence-electron chi connectivity index (χ0n) is 9.15. The van der Waals surface area contributed by atoms with E-state index in [1.165, 1.54) is 11.3 Å². The molecule has 0 unspecified atom stereocenters. The molecule has 0 aliphatic heterocycles. The molecule has 0 fully saturated rings. The van der Waals surface area contributed by atoms with Gasteiger partial charge in [0.05, 0.1) is 5.69 Å². The average molecular weight is 251 g/mol. The summed E-state index contributed by atoms with van der Waals surface area (Å²) in [6.45, 7) is 0. The lowest BCUT2D eigenvalue weighted by Gasteiger charge is -2.12. The number of thiazole rings is 1. The Morgan fingerprint density at radius 1 is 1.25 bits per heavy atom. The molecule has 1 heterocycles. The quantitative estimate of drug-likeness (QED) is 0.806. The molecule has 0 amide bonds. The van der Waals surface area contributed by atoms with Crippen molar-refractivity contribution in [3.05, 3.63) is 28.2 Å². The molecule has 0 bridgehead atoms. The van der Waals surface area contributed by atoms with Crippen LogP contribution in [0.4, 0.5) is 10.7 Å². The van der Waals surface area contributed by atoms with Gasteiger partial charge in [-0.2, -0.15) is 0 Å². The number of nitrogens with zero attached hydrogens (tertiary/aromatic N) is 1. The van der Waals surface area contributed by atoms with E-state index in [-0.39, 0.29) is 0 Å². The van der Waals surface area contributed by atoms with Gasteiger partial charge in [-0.15, -0.1) is 0 Å². The van der Waals surface area contributed by atoms with Gasteiger partial charge in [-0.05, 0) is 24.4 Å². The summed E-state index contributed by atoms with van der Waals surface area (Å²) < 4.78 is 0.712. The fourth-order valence-electron chi connectivity index (χ4n) is 1.48. The van der Waals surface area contributed by atoms with E-state index in [4.69, 9.17) is 18.0 Å². The van der Waals surface area contributed by atoms with Crippen molar-refractivity contribution in [2.45, 2.75) is 0 Å². The molecular weight excluding hydrogens is 238 g/mol. The number of nitrogens with two attached hydrogens (primary N) is 1. The van der Waals surface area contributed by atoms with Gasteiger partial charge in [0.1, 0.15) is 5.00 Å². The second-order valence-electron chi connectivity index (χ2n) is 3.70. The largest absolute Gasteiger partial charge is 0.389 e. The minimum atomic E-state index is 0.712. The Morgan fingerprint density at radius 3 is 2.31 bits per heavy atom. The number of nitrogen functional groups attached to an aromatic ring is 1. The summed E-state index contributed by atoms with van der Waals surface area (Å²) in [4.78, 5) is 5.16. The fourth-order valence-corrected chi connectivity index (χ4v) is 2.48. The van der Waals surface area contributed by atoms with Crippen molar-refractivity contribution in [3.63, 3.8) is 0 Å². The molecule has 0 atom stereocenters. The van der Waals surface area contributed by atoms with E-state index >= 15 is 0 Å². The molecule has 0 aliphatic carbocycles. The van der Waals surface area contributed by atoms with Crippen LogP contribution in [0, 0.1) is 3.95 Å². The average Bonchev–Trinajstić information content (AvgIpc) is 2.58. The smallest absolute Gasteiger partial charge is 0.160 e. The Balaban J connectivity index is 2.42. The highest BCUT2D eigenvalue weighted by atomic mass is 32.1. The number of hydrogen-bond donors (Lipinski definition) is 2. The molecule has 2 aromatic rings. The van der Waals surface area contributed by atoms with E-state index in [1.54, 1.807) is 0 Å². The van der Waals surface area contributed by atoms with Crippen LogP contribution < -0.4 is 10.6 Å². The lowest BCUT2D eigenvalue weighted by atomic mass is 10.1. The number of H-pyrrole nitrogens is 1. The van der Waals surface area contributed by atoms with Crippen LogP contribution >= 0.6 is 23.6 Å². The molecule has 1 aromatic carbocycles. The molecule has 1 aromatic heterocycles. The van der Waals surface area contributed by atoms with Crippen LogP contribution in [0.5, 0.6) is 0 Å². The first-order valence-electron chi connectivity index (χ1n) is 4.84. The Labute approximate surface area is 104 Å². The summed E-state index contributed by atoms with van der Waals surface area (Å²) in [7, 11) is 4.03. The van der Waals surface area contributed by atoms with Crippen molar-refractivity contribution >= 4 is 34.2 Å². The third kappa shape index (κ3) is 2.10. The van der Waals surface area contributed by atoms with E-state index in [1.807, 2.05) is 26.2 Å². The summed E-state index contributed by atoms with van der Waals surface area (Å²) in [6, 6.07) is 8.20. The molecule has 0 saturated heterocycles. The van der Waals surface area contributed by atoms with Crippen molar-refractivity contribution in [3.8, 4) is 11.3 Å². The summed E-state index contributed by atoms with van der Waals surface area (Å²) in [5.41, 5.74) is 9.03. The molecule has 3 nitrogen and oxygen atoms in total. The molecule has 5 heteroatoms. The molecule has 0 spiro atoms. The lowest BCUT2D eigenvalue weighted by molar-refractivity contribution is 1.13. The van der Waals surface area contributed by atoms with Gasteiger partial charge >= 0.3 is 0 Å². The van der Waals surface area contributed by atoms with Crippen LogP contribution in [0.25, 0.3) is 11.3 Å². The maximum atomic E-state index is 5.88. The zero-order chi connectivity index (χ0) is 11.7. The minimum Gasteiger partial charge on any atom is -0.389 e. The topological polar surface area (TPSA) is 45.0 Å². The molecule has 0 radical (unpaired) electrons. The minimum absolute atomic E-state index is 0.712. The van der Waals surface area contributed by atoms with E-state index in [0.29, 0.717) is 3.95 Å². The third-order valence-corrected chi connectivity index (χ3v) is 3.41. The van der Waals surface area contributed by atoms with Gasteiger partial charge in [0.2, 0.25) is 0 Å². The molecular formula is C11H13N3S2. The van der Waals surface area contributed by atoms with Crippen molar-refractivity contribution in [2.24, 2.45) is 0 Å². The van der Waals surface area contributed by atoms with Gasteiger partial charge in [0.15, 0.2) is 3.95 Å². The van der Waals surface area contributed by atoms with Crippen molar-refractivity contribution < 1.29 is 0 Å². The Morgan fingerprint density at radius 2 is 1.88 bits per heavy atom. The summed E-state index contributed by atoms with van der Waals surface area (Å²) >= 11 is 6.46. The highest BCUT2D eigenvalue weighted by Crippen LogP contribution is 2.29. The van der Waals surface area contributed by atoms with Gasteiger partial charge in [-0.25, -0.2) is 0 Å². The Kier molecular flexibility index (Phi) is 2.98. The van der Waals surface area contributed by atoms with Crippen molar-refractivity contribution in [2.75, 3.05) is 24.7 Å². The SMILES string of the molecule is CN(C)c1ccc(-c2[nH]c(=S)sc2N)cc1. The number of aromatic amines is 1. The third-order valence-electron chi connectivity index (χ3n) is 2.35. The van der Waals surface area contributed by atoms with Crippen molar-refractivity contribution in [1.29, 1.82) is 0 Å². The van der Waals surface area contributed by atoms with Crippen LogP contribution in [0.3, 0.4) is 0 Å². The maximum absolute atomic E-state index is 5.88. The first kappa shape index (κ1) is 11.2. The second kappa shape index (κ2) is 4.27. The fraction of sp³-hybridized carbons (Fsp3) is 0.182.